The van der Waals surface area contributed by atoms with Gasteiger partial charge in [0.15, 0.2) is 11.5 Å². The molecule has 0 heterocycles. The zero-order valence-electron chi connectivity index (χ0n) is 20.9. The summed E-state index contributed by atoms with van der Waals surface area (Å²) in [4.78, 5) is 12.8. The Balaban J connectivity index is 2.00. The predicted molar refractivity (Wildman–Crippen MR) is 146 cm³/mol. The first-order chi connectivity index (χ1) is 18.1. The van der Waals surface area contributed by atoms with Crippen LogP contribution in [0, 0.1) is 0 Å². The normalized spacial score (nSPS) is 11.2. The Morgan fingerprint density at radius 1 is 0.868 bits per heavy atom. The van der Waals surface area contributed by atoms with Gasteiger partial charge < -0.3 is 18.9 Å². The van der Waals surface area contributed by atoms with Gasteiger partial charge in [-0.2, -0.15) is 5.10 Å². The highest BCUT2D eigenvalue weighted by molar-refractivity contribution is 7.92. The maximum absolute atomic E-state index is 13.9. The Morgan fingerprint density at radius 3 is 2.18 bits per heavy atom. The fourth-order valence-electron chi connectivity index (χ4n) is 3.33. The number of sulfonamides is 1. The van der Waals surface area contributed by atoms with Gasteiger partial charge in [-0.3, -0.25) is 9.10 Å². The molecule has 0 aliphatic carbocycles. The third-order valence-corrected chi connectivity index (χ3v) is 7.73. The number of carbonyl (C=O) groups is 1. The fraction of sp³-hybridized carbons (Fsp3) is 0.200. The van der Waals surface area contributed by atoms with Crippen molar-refractivity contribution in [1.82, 2.24) is 5.43 Å². The zero-order valence-corrected chi connectivity index (χ0v) is 23.2. The summed E-state index contributed by atoms with van der Waals surface area (Å²) in [6.45, 7) is -0.640. The van der Waals surface area contributed by atoms with E-state index in [0.29, 0.717) is 27.1 Å². The number of rotatable bonds is 11. The Kier molecular flexibility index (Phi) is 9.67. The number of nitrogens with one attached hydrogen (secondary N) is 1. The van der Waals surface area contributed by atoms with Gasteiger partial charge in [0, 0.05) is 12.1 Å². The molecule has 0 aliphatic rings. The summed E-state index contributed by atoms with van der Waals surface area (Å²) >= 11 is 11.9. The second-order valence-electron chi connectivity index (χ2n) is 7.53. The highest BCUT2D eigenvalue weighted by Crippen LogP contribution is 2.37. The number of ether oxygens (including phenoxy) is 4. The lowest BCUT2D eigenvalue weighted by Crippen LogP contribution is -2.39. The highest BCUT2D eigenvalue weighted by Gasteiger charge is 2.31. The summed E-state index contributed by atoms with van der Waals surface area (Å²) in [7, 11) is 1.30. The van der Waals surface area contributed by atoms with E-state index in [1.54, 1.807) is 24.3 Å². The van der Waals surface area contributed by atoms with Crippen molar-refractivity contribution in [1.29, 1.82) is 0 Å². The van der Waals surface area contributed by atoms with Crippen LogP contribution in [-0.2, 0) is 14.8 Å². The molecule has 13 heteroatoms. The first-order valence-electron chi connectivity index (χ1n) is 10.9. The van der Waals surface area contributed by atoms with E-state index in [-0.39, 0.29) is 22.1 Å². The Labute approximate surface area is 230 Å². The molecule has 0 fully saturated rings. The zero-order chi connectivity index (χ0) is 27.9. The van der Waals surface area contributed by atoms with Crippen LogP contribution in [-0.4, -0.2) is 55.5 Å². The molecule has 3 rings (SSSR count). The second-order valence-corrected chi connectivity index (χ2v) is 10.2. The van der Waals surface area contributed by atoms with E-state index in [1.165, 1.54) is 65.0 Å². The lowest BCUT2D eigenvalue weighted by molar-refractivity contribution is -0.119. The summed E-state index contributed by atoms with van der Waals surface area (Å²) in [5, 5.41) is 4.59. The molecule has 3 aromatic carbocycles. The van der Waals surface area contributed by atoms with Gasteiger partial charge >= 0.3 is 0 Å². The van der Waals surface area contributed by atoms with Gasteiger partial charge in [-0.1, -0.05) is 29.3 Å². The topological polar surface area (TPSA) is 116 Å². The van der Waals surface area contributed by atoms with Crippen LogP contribution in [0.5, 0.6) is 23.0 Å². The maximum Gasteiger partial charge on any atom is 0.265 e. The fourth-order valence-corrected chi connectivity index (χ4v) is 5.08. The number of hydrogen-bond donors (Lipinski definition) is 1. The van der Waals surface area contributed by atoms with Crippen molar-refractivity contribution >= 4 is 51.0 Å². The van der Waals surface area contributed by atoms with Crippen molar-refractivity contribution in [2.75, 3.05) is 39.3 Å². The predicted octanol–water partition coefficient (Wildman–Crippen LogP) is 4.37. The van der Waals surface area contributed by atoms with Crippen LogP contribution in [0.4, 0.5) is 5.69 Å². The molecule has 0 bridgehead atoms. The number of amides is 1. The largest absolute Gasteiger partial charge is 0.497 e. The van der Waals surface area contributed by atoms with Crippen LogP contribution in [0.15, 0.2) is 64.6 Å². The van der Waals surface area contributed by atoms with Gasteiger partial charge in [0.05, 0.1) is 55.3 Å². The molecule has 0 aromatic heterocycles. The van der Waals surface area contributed by atoms with Gasteiger partial charge in [0.2, 0.25) is 0 Å². The molecule has 10 nitrogen and oxygen atoms in total. The molecular weight excluding hydrogens is 557 g/mol. The van der Waals surface area contributed by atoms with E-state index < -0.39 is 22.5 Å². The number of benzene rings is 3. The molecule has 1 amide bonds. The van der Waals surface area contributed by atoms with E-state index in [0.717, 1.165) is 4.31 Å². The van der Waals surface area contributed by atoms with Gasteiger partial charge in [-0.05, 0) is 42.0 Å². The maximum atomic E-state index is 13.9. The van der Waals surface area contributed by atoms with Gasteiger partial charge in [0.1, 0.15) is 18.0 Å². The van der Waals surface area contributed by atoms with Crippen LogP contribution in [0.1, 0.15) is 5.56 Å². The first-order valence-corrected chi connectivity index (χ1v) is 13.1. The number of nitrogens with zero attached hydrogens (tertiary/aromatic N) is 2. The van der Waals surface area contributed by atoms with Crippen LogP contribution >= 0.6 is 23.2 Å². The quantitative estimate of drug-likeness (QED) is 0.264. The number of hydrazone groups is 1. The average Bonchev–Trinajstić information content (AvgIpc) is 2.92. The molecule has 0 radical (unpaired) electrons. The molecule has 0 atom stereocenters. The van der Waals surface area contributed by atoms with Crippen molar-refractivity contribution < 1.29 is 32.2 Å². The molecule has 0 saturated heterocycles. The van der Waals surface area contributed by atoms with E-state index in [4.69, 9.17) is 42.1 Å². The summed E-state index contributed by atoms with van der Waals surface area (Å²) < 4.78 is 49.7. The van der Waals surface area contributed by atoms with Crippen molar-refractivity contribution in [2.24, 2.45) is 5.10 Å². The van der Waals surface area contributed by atoms with Crippen molar-refractivity contribution in [3.05, 3.63) is 70.2 Å². The van der Waals surface area contributed by atoms with Crippen molar-refractivity contribution in [3.8, 4) is 23.0 Å². The molecule has 38 heavy (non-hydrogen) atoms. The molecular formula is C25H25Cl2N3O7S. The SMILES string of the molecule is COc1ccc(OC)c(N(CC(=O)N/N=C\c2ccc(Cl)c(Cl)c2)S(=O)(=O)c2ccc(OC)c(OC)c2)c1. The lowest BCUT2D eigenvalue weighted by Gasteiger charge is -2.26. The number of anilines is 1. The number of halogens is 2. The van der Waals surface area contributed by atoms with Crippen LogP contribution in [0.25, 0.3) is 0 Å². The number of carbonyl (C=O) groups excluding carboxylic acids is 1. The molecule has 0 unspecified atom stereocenters. The molecule has 202 valence electrons. The highest BCUT2D eigenvalue weighted by atomic mass is 35.5. The van der Waals surface area contributed by atoms with Crippen LogP contribution in [0.3, 0.4) is 0 Å². The Morgan fingerprint density at radius 2 is 1.55 bits per heavy atom. The van der Waals surface area contributed by atoms with Crippen LogP contribution in [0.2, 0.25) is 10.0 Å². The summed E-state index contributed by atoms with van der Waals surface area (Å²) in [5.74, 6) is 0.358. The summed E-state index contributed by atoms with van der Waals surface area (Å²) in [6, 6.07) is 13.5. The van der Waals surface area contributed by atoms with Gasteiger partial charge in [0.25, 0.3) is 15.9 Å². The molecule has 3 aromatic rings. The standard InChI is InChI=1S/C25H25Cl2N3O7S/c1-34-17-6-9-22(35-2)21(12-17)30(38(32,33)18-7-10-23(36-3)24(13-18)37-4)15-25(31)29-28-14-16-5-8-19(26)20(27)11-16/h5-14H,15H2,1-4H3,(H,29,31)/b28-14-. The second kappa shape index (κ2) is 12.7. The molecule has 0 saturated carbocycles. The summed E-state index contributed by atoms with van der Waals surface area (Å²) in [5.41, 5.74) is 2.97. The smallest absolute Gasteiger partial charge is 0.265 e. The van der Waals surface area contributed by atoms with E-state index in [9.17, 15) is 13.2 Å². The number of hydrogen-bond acceptors (Lipinski definition) is 8. The van der Waals surface area contributed by atoms with E-state index in [1.807, 2.05) is 0 Å². The third-order valence-electron chi connectivity index (χ3n) is 5.23. The third kappa shape index (κ3) is 6.60. The Bertz CT molecular complexity index is 1450. The Hall–Kier alpha value is -3.67. The molecule has 0 spiro atoms. The van der Waals surface area contributed by atoms with Crippen molar-refractivity contribution in [3.63, 3.8) is 0 Å². The van der Waals surface area contributed by atoms with Gasteiger partial charge in [-0.15, -0.1) is 0 Å². The first kappa shape index (κ1) is 28.9. The summed E-state index contributed by atoms with van der Waals surface area (Å²) in [6.07, 6.45) is 1.35. The number of methoxy groups -OCH3 is 4. The minimum atomic E-state index is -4.33. The minimum Gasteiger partial charge on any atom is -0.497 e. The van der Waals surface area contributed by atoms with Crippen molar-refractivity contribution in [2.45, 2.75) is 4.90 Å². The van der Waals surface area contributed by atoms with E-state index in [2.05, 4.69) is 10.5 Å². The van der Waals surface area contributed by atoms with E-state index >= 15 is 0 Å². The molecule has 1 N–H and O–H groups in total. The monoisotopic (exact) mass is 581 g/mol. The lowest BCUT2D eigenvalue weighted by atomic mass is 10.2. The van der Waals surface area contributed by atoms with Crippen LogP contribution < -0.4 is 28.7 Å². The van der Waals surface area contributed by atoms with Gasteiger partial charge in [-0.25, -0.2) is 13.8 Å². The molecule has 0 aliphatic heterocycles. The minimum absolute atomic E-state index is 0.0743. The average molecular weight is 582 g/mol.